The zero-order valence-corrected chi connectivity index (χ0v) is 11.9. The molecule has 0 spiro atoms. The second-order valence-corrected chi connectivity index (χ2v) is 5.09. The molecule has 21 heavy (non-hydrogen) atoms. The SMILES string of the molecule is CC(NC(CO)Cc1ccccc1)c1c(F)cccc1F. The second-order valence-electron chi connectivity index (χ2n) is 5.09. The van der Waals surface area contributed by atoms with E-state index in [0.29, 0.717) is 6.42 Å². The third kappa shape index (κ3) is 4.09. The first-order valence-corrected chi connectivity index (χ1v) is 6.96. The van der Waals surface area contributed by atoms with Crippen molar-refractivity contribution in [2.45, 2.75) is 25.4 Å². The average molecular weight is 291 g/mol. The third-order valence-electron chi connectivity index (χ3n) is 3.46. The fraction of sp³-hybridized carbons (Fsp3) is 0.294. The number of benzene rings is 2. The van der Waals surface area contributed by atoms with E-state index in [2.05, 4.69) is 5.32 Å². The molecule has 2 aromatic carbocycles. The van der Waals surface area contributed by atoms with Crippen molar-refractivity contribution < 1.29 is 13.9 Å². The van der Waals surface area contributed by atoms with E-state index in [1.165, 1.54) is 18.2 Å². The molecule has 0 amide bonds. The van der Waals surface area contributed by atoms with E-state index in [-0.39, 0.29) is 18.2 Å². The van der Waals surface area contributed by atoms with Crippen LogP contribution in [0.2, 0.25) is 0 Å². The van der Waals surface area contributed by atoms with Gasteiger partial charge in [-0.25, -0.2) is 8.78 Å². The highest BCUT2D eigenvalue weighted by molar-refractivity contribution is 5.23. The normalized spacial score (nSPS) is 13.9. The van der Waals surface area contributed by atoms with E-state index in [1.807, 2.05) is 30.3 Å². The van der Waals surface area contributed by atoms with Crippen LogP contribution in [0, 0.1) is 11.6 Å². The van der Waals surface area contributed by atoms with Crippen molar-refractivity contribution in [3.05, 3.63) is 71.3 Å². The van der Waals surface area contributed by atoms with Gasteiger partial charge >= 0.3 is 0 Å². The number of hydrogen-bond acceptors (Lipinski definition) is 2. The van der Waals surface area contributed by atoms with Gasteiger partial charge in [0.2, 0.25) is 0 Å². The molecule has 0 aromatic heterocycles. The molecule has 2 aromatic rings. The van der Waals surface area contributed by atoms with Crippen molar-refractivity contribution in [1.29, 1.82) is 0 Å². The van der Waals surface area contributed by atoms with Crippen molar-refractivity contribution in [1.82, 2.24) is 5.32 Å². The molecule has 0 bridgehead atoms. The van der Waals surface area contributed by atoms with E-state index < -0.39 is 17.7 Å². The predicted molar refractivity (Wildman–Crippen MR) is 78.9 cm³/mol. The van der Waals surface area contributed by atoms with Gasteiger partial charge in [-0.15, -0.1) is 0 Å². The number of hydrogen-bond donors (Lipinski definition) is 2. The van der Waals surface area contributed by atoms with Crippen LogP contribution in [-0.2, 0) is 6.42 Å². The Morgan fingerprint density at radius 1 is 1.00 bits per heavy atom. The molecule has 2 rings (SSSR count). The van der Waals surface area contributed by atoms with Gasteiger partial charge in [-0.1, -0.05) is 36.4 Å². The first-order chi connectivity index (χ1) is 10.1. The van der Waals surface area contributed by atoms with E-state index in [9.17, 15) is 13.9 Å². The minimum absolute atomic E-state index is 0.00371. The first kappa shape index (κ1) is 15.6. The summed E-state index contributed by atoms with van der Waals surface area (Å²) in [6, 6.07) is 12.7. The van der Waals surface area contributed by atoms with E-state index in [0.717, 1.165) is 5.56 Å². The molecule has 2 unspecified atom stereocenters. The first-order valence-electron chi connectivity index (χ1n) is 6.96. The Labute approximate surface area is 123 Å². The highest BCUT2D eigenvalue weighted by Crippen LogP contribution is 2.21. The lowest BCUT2D eigenvalue weighted by Gasteiger charge is -2.23. The topological polar surface area (TPSA) is 32.3 Å². The lowest BCUT2D eigenvalue weighted by molar-refractivity contribution is 0.231. The van der Waals surface area contributed by atoms with Crippen molar-refractivity contribution in [2.24, 2.45) is 0 Å². The molecule has 2 N–H and O–H groups in total. The predicted octanol–water partition coefficient (Wildman–Crippen LogP) is 3.22. The van der Waals surface area contributed by atoms with Crippen LogP contribution in [0.15, 0.2) is 48.5 Å². The maximum absolute atomic E-state index is 13.7. The molecule has 2 atom stereocenters. The van der Waals surface area contributed by atoms with Crippen LogP contribution in [-0.4, -0.2) is 17.8 Å². The highest BCUT2D eigenvalue weighted by atomic mass is 19.1. The molecule has 2 nitrogen and oxygen atoms in total. The zero-order chi connectivity index (χ0) is 15.2. The second kappa shape index (κ2) is 7.29. The van der Waals surface area contributed by atoms with Crippen LogP contribution in [0.25, 0.3) is 0 Å². The van der Waals surface area contributed by atoms with E-state index >= 15 is 0 Å². The fourth-order valence-corrected chi connectivity index (χ4v) is 2.44. The third-order valence-corrected chi connectivity index (χ3v) is 3.46. The summed E-state index contributed by atoms with van der Waals surface area (Å²) >= 11 is 0. The summed E-state index contributed by atoms with van der Waals surface area (Å²) in [5.74, 6) is -1.15. The number of aliphatic hydroxyl groups excluding tert-OH is 1. The summed E-state index contributed by atoms with van der Waals surface area (Å²) in [6.07, 6.45) is 0.595. The maximum Gasteiger partial charge on any atom is 0.130 e. The lowest BCUT2D eigenvalue weighted by atomic mass is 10.0. The van der Waals surface area contributed by atoms with Crippen molar-refractivity contribution >= 4 is 0 Å². The summed E-state index contributed by atoms with van der Waals surface area (Å²) < 4.78 is 27.5. The molecular weight excluding hydrogens is 272 g/mol. The summed E-state index contributed by atoms with van der Waals surface area (Å²) in [5.41, 5.74) is 1.06. The van der Waals surface area contributed by atoms with Gasteiger partial charge in [0.15, 0.2) is 0 Å². The average Bonchev–Trinajstić information content (AvgIpc) is 2.47. The molecule has 4 heteroatoms. The Kier molecular flexibility index (Phi) is 5.42. The summed E-state index contributed by atoms with van der Waals surface area (Å²) in [6.45, 7) is 1.59. The molecule has 112 valence electrons. The van der Waals surface area contributed by atoms with Gasteiger partial charge in [0, 0.05) is 17.6 Å². The molecule has 0 aliphatic carbocycles. The van der Waals surface area contributed by atoms with Crippen LogP contribution in [0.1, 0.15) is 24.1 Å². The van der Waals surface area contributed by atoms with Gasteiger partial charge in [-0.2, -0.15) is 0 Å². The van der Waals surface area contributed by atoms with Crippen LogP contribution in [0.4, 0.5) is 8.78 Å². The largest absolute Gasteiger partial charge is 0.395 e. The van der Waals surface area contributed by atoms with Crippen molar-refractivity contribution in [3.63, 3.8) is 0 Å². The molecule has 0 aliphatic heterocycles. The minimum atomic E-state index is -0.577. The van der Waals surface area contributed by atoms with E-state index in [1.54, 1.807) is 6.92 Å². The van der Waals surface area contributed by atoms with Crippen LogP contribution in [0.3, 0.4) is 0 Å². The molecule has 0 heterocycles. The molecular formula is C17H19F2NO. The van der Waals surface area contributed by atoms with Crippen LogP contribution < -0.4 is 5.32 Å². The number of halogens is 2. The Balaban J connectivity index is 2.08. The lowest BCUT2D eigenvalue weighted by Crippen LogP contribution is -2.37. The number of nitrogens with one attached hydrogen (secondary N) is 1. The fourth-order valence-electron chi connectivity index (χ4n) is 2.44. The monoisotopic (exact) mass is 291 g/mol. The summed E-state index contributed by atoms with van der Waals surface area (Å²) in [5, 5.41) is 12.6. The zero-order valence-electron chi connectivity index (χ0n) is 11.9. The van der Waals surface area contributed by atoms with Crippen molar-refractivity contribution in [2.75, 3.05) is 6.61 Å². The number of aliphatic hydroxyl groups is 1. The smallest absolute Gasteiger partial charge is 0.130 e. The van der Waals surface area contributed by atoms with E-state index in [4.69, 9.17) is 0 Å². The molecule has 0 saturated heterocycles. The van der Waals surface area contributed by atoms with Gasteiger partial charge in [-0.3, -0.25) is 0 Å². The highest BCUT2D eigenvalue weighted by Gasteiger charge is 2.19. The van der Waals surface area contributed by atoms with Crippen LogP contribution in [0.5, 0.6) is 0 Å². The Hall–Kier alpha value is -1.78. The van der Waals surface area contributed by atoms with Gasteiger partial charge in [-0.05, 0) is 31.0 Å². The Morgan fingerprint density at radius 3 is 2.19 bits per heavy atom. The van der Waals surface area contributed by atoms with Crippen molar-refractivity contribution in [3.8, 4) is 0 Å². The summed E-state index contributed by atoms with van der Waals surface area (Å²) in [4.78, 5) is 0. The summed E-state index contributed by atoms with van der Waals surface area (Å²) in [7, 11) is 0. The molecule has 0 aliphatic rings. The molecule has 0 radical (unpaired) electrons. The minimum Gasteiger partial charge on any atom is -0.395 e. The molecule has 0 fully saturated rings. The van der Waals surface area contributed by atoms with Gasteiger partial charge < -0.3 is 10.4 Å². The van der Waals surface area contributed by atoms with Crippen LogP contribution >= 0.6 is 0 Å². The quantitative estimate of drug-likeness (QED) is 0.856. The standard InChI is InChI=1S/C17H19F2NO/c1-12(17-15(18)8-5-9-16(17)19)20-14(11-21)10-13-6-3-2-4-7-13/h2-9,12,14,20-21H,10-11H2,1H3. The Morgan fingerprint density at radius 2 is 1.62 bits per heavy atom. The van der Waals surface area contributed by atoms with Gasteiger partial charge in [0.05, 0.1) is 6.61 Å². The maximum atomic E-state index is 13.7. The number of rotatable bonds is 6. The Bertz CT molecular complexity index is 554. The van der Waals surface area contributed by atoms with Gasteiger partial charge in [0.25, 0.3) is 0 Å². The van der Waals surface area contributed by atoms with Gasteiger partial charge in [0.1, 0.15) is 11.6 Å². The molecule has 0 saturated carbocycles.